The molecule has 0 unspecified atom stereocenters. The number of hydrogen-bond acceptors (Lipinski definition) is 8. The van der Waals surface area contributed by atoms with Gasteiger partial charge in [0.15, 0.2) is 11.2 Å². The van der Waals surface area contributed by atoms with Crippen molar-refractivity contribution in [3.63, 3.8) is 0 Å². The van der Waals surface area contributed by atoms with Crippen molar-refractivity contribution < 1.29 is 9.72 Å². The summed E-state index contributed by atoms with van der Waals surface area (Å²) in [6, 6.07) is 11.6. The number of rotatable bonds is 6. The van der Waals surface area contributed by atoms with Crippen LogP contribution >= 0.6 is 0 Å². The van der Waals surface area contributed by atoms with E-state index in [1.54, 1.807) is 49.5 Å². The van der Waals surface area contributed by atoms with Gasteiger partial charge in [0.25, 0.3) is 11.2 Å². The van der Waals surface area contributed by atoms with Gasteiger partial charge < -0.3 is 9.88 Å². The predicted octanol–water partition coefficient (Wildman–Crippen LogP) is 1.54. The zero-order chi connectivity index (χ0) is 27.1. The lowest BCUT2D eigenvalue weighted by molar-refractivity contribution is -0.385. The molecule has 14 heteroatoms. The van der Waals surface area contributed by atoms with Crippen LogP contribution in [0.1, 0.15) is 5.56 Å². The van der Waals surface area contributed by atoms with E-state index in [1.165, 1.54) is 40.3 Å². The maximum absolute atomic E-state index is 12.7. The van der Waals surface area contributed by atoms with Crippen molar-refractivity contribution in [2.75, 3.05) is 5.32 Å². The second-order valence-corrected chi connectivity index (χ2v) is 8.60. The van der Waals surface area contributed by atoms with Gasteiger partial charge in [0.05, 0.1) is 28.7 Å². The third-order valence-electron chi connectivity index (χ3n) is 6.21. The van der Waals surface area contributed by atoms with E-state index < -0.39 is 16.2 Å². The molecule has 5 aromatic rings. The van der Waals surface area contributed by atoms with Crippen LogP contribution in [0.3, 0.4) is 0 Å². The Morgan fingerprint density at radius 2 is 1.82 bits per heavy atom. The summed E-state index contributed by atoms with van der Waals surface area (Å²) in [5.41, 5.74) is 2.11. The molecule has 14 nitrogen and oxygen atoms in total. The zero-order valence-corrected chi connectivity index (χ0v) is 20.5. The minimum atomic E-state index is -0.536. The van der Waals surface area contributed by atoms with Crippen molar-refractivity contribution in [3.05, 3.63) is 91.5 Å². The van der Waals surface area contributed by atoms with Crippen LogP contribution in [0.15, 0.2) is 64.6 Å². The number of nitro groups is 1. The van der Waals surface area contributed by atoms with Gasteiger partial charge in [-0.2, -0.15) is 0 Å². The van der Waals surface area contributed by atoms with Crippen molar-refractivity contribution >= 4 is 28.4 Å². The fraction of sp³-hybridized carbons (Fsp3) is 0.167. The molecule has 192 valence electrons. The highest BCUT2D eigenvalue weighted by atomic mass is 16.6. The molecule has 0 saturated carbocycles. The molecule has 0 radical (unpaired) electrons. The number of nitrogens with one attached hydrogen (secondary N) is 1. The smallest absolute Gasteiger partial charge is 0.325 e. The Morgan fingerprint density at radius 1 is 1.08 bits per heavy atom. The van der Waals surface area contributed by atoms with E-state index in [2.05, 4.69) is 20.6 Å². The summed E-state index contributed by atoms with van der Waals surface area (Å²) in [6.07, 6.45) is 3.01. The number of nitrogens with zero attached hydrogens (tertiary/aromatic N) is 8. The number of hydrogen-bond donors (Lipinski definition) is 1. The van der Waals surface area contributed by atoms with Crippen molar-refractivity contribution in [1.82, 2.24) is 33.7 Å². The minimum Gasteiger partial charge on any atom is -0.325 e. The largest absolute Gasteiger partial charge is 0.332 e. The number of imidazole rings is 1. The average molecular weight is 515 g/mol. The van der Waals surface area contributed by atoms with Gasteiger partial charge in [0.2, 0.25) is 5.91 Å². The molecule has 0 fully saturated rings. The summed E-state index contributed by atoms with van der Waals surface area (Å²) >= 11 is 0. The Kier molecular flexibility index (Phi) is 5.91. The molecule has 2 aromatic carbocycles. The molecular formula is C24H21N9O5. The molecule has 0 atom stereocenters. The lowest BCUT2D eigenvalue weighted by atomic mass is 10.1. The van der Waals surface area contributed by atoms with Crippen LogP contribution in [-0.2, 0) is 25.4 Å². The third kappa shape index (κ3) is 4.13. The molecule has 3 aromatic heterocycles. The van der Waals surface area contributed by atoms with E-state index >= 15 is 0 Å². The van der Waals surface area contributed by atoms with Gasteiger partial charge in [0, 0.05) is 31.4 Å². The first-order valence-corrected chi connectivity index (χ1v) is 11.3. The lowest BCUT2D eigenvalue weighted by Gasteiger charge is -2.08. The quantitative estimate of drug-likeness (QED) is 0.263. The molecule has 0 aliphatic heterocycles. The van der Waals surface area contributed by atoms with E-state index in [4.69, 9.17) is 0 Å². The molecule has 3 heterocycles. The monoisotopic (exact) mass is 515 g/mol. The van der Waals surface area contributed by atoms with Crippen molar-refractivity contribution in [2.24, 2.45) is 14.1 Å². The second kappa shape index (κ2) is 9.24. The van der Waals surface area contributed by atoms with Gasteiger partial charge in [-0.25, -0.2) is 14.5 Å². The number of aryl methyl sites for hydroxylation is 1. The summed E-state index contributed by atoms with van der Waals surface area (Å²) in [5, 5.41) is 22.3. The second-order valence-electron chi connectivity index (χ2n) is 8.60. The lowest BCUT2D eigenvalue weighted by Crippen LogP contribution is -2.37. The first-order valence-electron chi connectivity index (χ1n) is 11.3. The summed E-state index contributed by atoms with van der Waals surface area (Å²) in [4.78, 5) is 52.3. The fourth-order valence-corrected chi connectivity index (χ4v) is 4.17. The predicted molar refractivity (Wildman–Crippen MR) is 137 cm³/mol. The van der Waals surface area contributed by atoms with Gasteiger partial charge in [-0.15, -0.1) is 5.10 Å². The Bertz CT molecular complexity index is 1840. The number of carbonyl (C=O) groups is 1. The van der Waals surface area contributed by atoms with Crippen molar-refractivity contribution in [3.8, 4) is 16.9 Å². The topological polar surface area (TPSA) is 165 Å². The molecule has 0 spiro atoms. The Morgan fingerprint density at radius 3 is 2.53 bits per heavy atom. The average Bonchev–Trinajstić information content (AvgIpc) is 3.54. The maximum Gasteiger partial charge on any atom is 0.332 e. The van der Waals surface area contributed by atoms with Gasteiger partial charge in [-0.3, -0.25) is 28.8 Å². The number of amides is 1. The van der Waals surface area contributed by atoms with Crippen LogP contribution < -0.4 is 16.6 Å². The standard InChI is InChI=1S/C24H21N9O5/c1-14-18(5-4-6-19(14)33(37)38)32-11-17(27-28-32)15-7-9-16(10-8-15)26-20(34)12-31-13-25-22-21(31)23(35)30(3)24(36)29(22)2/h4-11,13H,12H2,1-3H3,(H,26,34). The van der Waals surface area contributed by atoms with E-state index in [1.807, 2.05) is 0 Å². The van der Waals surface area contributed by atoms with E-state index in [-0.39, 0.29) is 29.3 Å². The van der Waals surface area contributed by atoms with E-state index in [0.29, 0.717) is 22.6 Å². The van der Waals surface area contributed by atoms with Crippen molar-refractivity contribution in [1.29, 1.82) is 0 Å². The van der Waals surface area contributed by atoms with Crippen LogP contribution in [0, 0.1) is 17.0 Å². The molecule has 5 rings (SSSR count). The maximum atomic E-state index is 12.7. The first-order chi connectivity index (χ1) is 18.2. The summed E-state index contributed by atoms with van der Waals surface area (Å²) in [6.45, 7) is 1.47. The molecule has 1 amide bonds. The Labute approximate surface area is 213 Å². The number of carbonyl (C=O) groups excluding carboxylic acids is 1. The normalized spacial score (nSPS) is 11.1. The molecule has 0 aliphatic rings. The van der Waals surface area contributed by atoms with E-state index in [9.17, 15) is 24.5 Å². The number of anilines is 1. The molecular weight excluding hydrogens is 494 g/mol. The molecule has 0 bridgehead atoms. The minimum absolute atomic E-state index is 0.00672. The summed E-state index contributed by atoms with van der Waals surface area (Å²) in [5.74, 6) is -0.389. The third-order valence-corrected chi connectivity index (χ3v) is 6.21. The first kappa shape index (κ1) is 24.3. The Hall–Kier alpha value is -5.40. The zero-order valence-electron chi connectivity index (χ0n) is 20.5. The number of nitro benzene ring substituents is 1. The van der Waals surface area contributed by atoms with Crippen LogP contribution in [0.5, 0.6) is 0 Å². The highest BCUT2D eigenvalue weighted by Gasteiger charge is 2.17. The summed E-state index contributed by atoms with van der Waals surface area (Å²) < 4.78 is 5.09. The molecule has 0 saturated heterocycles. The van der Waals surface area contributed by atoms with Crippen LogP contribution in [-0.4, -0.2) is 44.5 Å². The van der Waals surface area contributed by atoms with Gasteiger partial charge >= 0.3 is 5.69 Å². The van der Waals surface area contributed by atoms with E-state index in [0.717, 1.165) is 10.1 Å². The van der Waals surface area contributed by atoms with Crippen LogP contribution in [0.25, 0.3) is 28.1 Å². The fourth-order valence-electron chi connectivity index (χ4n) is 4.17. The van der Waals surface area contributed by atoms with Crippen LogP contribution in [0.4, 0.5) is 11.4 Å². The SMILES string of the molecule is Cc1c(-n2cc(-c3ccc(NC(=O)Cn4cnc5c4c(=O)n(C)c(=O)n5C)cc3)nn2)cccc1[N+](=O)[O-]. The molecule has 1 N–H and O–H groups in total. The van der Waals surface area contributed by atoms with Gasteiger partial charge in [-0.05, 0) is 25.1 Å². The highest BCUT2D eigenvalue weighted by Crippen LogP contribution is 2.25. The number of fused-ring (bicyclic) bond motifs is 1. The number of aromatic nitrogens is 7. The highest BCUT2D eigenvalue weighted by molar-refractivity contribution is 5.91. The van der Waals surface area contributed by atoms with Gasteiger partial charge in [-0.1, -0.05) is 23.4 Å². The summed E-state index contributed by atoms with van der Waals surface area (Å²) in [7, 11) is 2.87. The van der Waals surface area contributed by atoms with Crippen LogP contribution in [0.2, 0.25) is 0 Å². The Balaban J connectivity index is 1.32. The molecule has 0 aliphatic carbocycles. The molecule has 38 heavy (non-hydrogen) atoms. The van der Waals surface area contributed by atoms with Gasteiger partial charge in [0.1, 0.15) is 12.2 Å². The van der Waals surface area contributed by atoms with Crippen molar-refractivity contribution in [2.45, 2.75) is 13.5 Å². The number of benzene rings is 2.